The first-order chi connectivity index (χ1) is 6.73. The van der Waals surface area contributed by atoms with E-state index in [0.717, 1.165) is 0 Å². The van der Waals surface area contributed by atoms with Crippen molar-refractivity contribution in [1.29, 1.82) is 0 Å². The van der Waals surface area contributed by atoms with Gasteiger partial charge in [0, 0.05) is 0 Å². The van der Waals surface area contributed by atoms with Gasteiger partial charge >= 0.3 is 0 Å². The third-order valence-electron chi connectivity index (χ3n) is 3.07. The van der Waals surface area contributed by atoms with E-state index in [0.29, 0.717) is 5.92 Å². The summed E-state index contributed by atoms with van der Waals surface area (Å²) in [5.74, 6) is 0.654. The van der Waals surface area contributed by atoms with E-state index in [1.165, 1.54) is 23.1 Å². The minimum Gasteiger partial charge on any atom is -0.0955 e. The highest BCUT2D eigenvalue weighted by molar-refractivity contribution is 5.47. The van der Waals surface area contributed by atoms with Crippen LogP contribution in [0.3, 0.4) is 0 Å². The summed E-state index contributed by atoms with van der Waals surface area (Å²) in [5.41, 5.74) is 5.89. The Kier molecular flexibility index (Phi) is 3.28. The predicted molar refractivity (Wildman–Crippen MR) is 68.8 cm³/mol. The van der Waals surface area contributed by atoms with Gasteiger partial charge in [0.25, 0.3) is 0 Å². The predicted octanol–water partition coefficient (Wildman–Crippen LogP) is 4.89. The van der Waals surface area contributed by atoms with Crippen LogP contribution in [-0.4, -0.2) is 0 Å². The maximum absolute atomic E-state index is 4.11. The molecule has 0 bridgehead atoms. The zero-order chi connectivity index (χ0) is 11.8. The zero-order valence-corrected chi connectivity index (χ0v) is 11.1. The zero-order valence-electron chi connectivity index (χ0n) is 11.1. The highest BCUT2D eigenvalue weighted by Gasteiger charge is 2.28. The maximum atomic E-state index is 4.11. The summed E-state index contributed by atoms with van der Waals surface area (Å²) in [6.45, 7) is 17.7. The van der Waals surface area contributed by atoms with Crippen LogP contribution < -0.4 is 0 Å². The minimum atomic E-state index is 0.255. The van der Waals surface area contributed by atoms with Gasteiger partial charge in [0.1, 0.15) is 0 Å². The molecule has 1 unspecified atom stereocenters. The third-order valence-corrected chi connectivity index (χ3v) is 3.07. The second-order valence-corrected chi connectivity index (χ2v) is 5.95. The summed E-state index contributed by atoms with van der Waals surface area (Å²) in [7, 11) is 0. The smallest absolute Gasteiger partial charge is 0.0161 e. The van der Waals surface area contributed by atoms with Crippen LogP contribution in [0.1, 0.15) is 48.0 Å². The van der Waals surface area contributed by atoms with E-state index in [-0.39, 0.29) is 5.41 Å². The van der Waals surface area contributed by atoms with Crippen LogP contribution in [-0.2, 0) is 0 Å². The lowest BCUT2D eigenvalue weighted by Gasteiger charge is -2.34. The Morgan fingerprint density at radius 1 is 1.40 bits per heavy atom. The van der Waals surface area contributed by atoms with E-state index in [9.17, 15) is 0 Å². The van der Waals surface area contributed by atoms with E-state index in [1.54, 1.807) is 5.57 Å². The van der Waals surface area contributed by atoms with E-state index >= 15 is 0 Å². The molecule has 0 N–H and O–H groups in total. The lowest BCUT2D eigenvalue weighted by Crippen LogP contribution is -2.21. The lowest BCUT2D eigenvalue weighted by atomic mass is 9.71. The molecule has 0 saturated carbocycles. The quantitative estimate of drug-likeness (QED) is 0.570. The van der Waals surface area contributed by atoms with Gasteiger partial charge in [-0.3, -0.25) is 0 Å². The van der Waals surface area contributed by atoms with E-state index in [4.69, 9.17) is 0 Å². The monoisotopic (exact) mass is 204 g/mol. The second kappa shape index (κ2) is 4.00. The molecule has 15 heavy (non-hydrogen) atoms. The van der Waals surface area contributed by atoms with Gasteiger partial charge in [0.05, 0.1) is 0 Å². The van der Waals surface area contributed by atoms with Crippen LogP contribution in [0.5, 0.6) is 0 Å². The van der Waals surface area contributed by atoms with Crippen molar-refractivity contribution in [3.63, 3.8) is 0 Å². The molecule has 0 aliphatic heterocycles. The van der Waals surface area contributed by atoms with Gasteiger partial charge < -0.3 is 0 Å². The Labute approximate surface area is 94.8 Å². The molecule has 0 aromatic heterocycles. The molecule has 84 valence electrons. The van der Waals surface area contributed by atoms with Gasteiger partial charge in [0.2, 0.25) is 0 Å². The van der Waals surface area contributed by atoms with Crippen LogP contribution in [0.15, 0.2) is 34.9 Å². The summed E-state index contributed by atoms with van der Waals surface area (Å²) in [6, 6.07) is 0. The summed E-state index contributed by atoms with van der Waals surface area (Å²) in [4.78, 5) is 0. The van der Waals surface area contributed by atoms with Crippen LogP contribution in [0.2, 0.25) is 0 Å². The van der Waals surface area contributed by atoms with Gasteiger partial charge in [-0.05, 0) is 37.2 Å². The number of allylic oxidation sites excluding steroid dienone is 5. The first-order valence-corrected chi connectivity index (χ1v) is 5.81. The van der Waals surface area contributed by atoms with Crippen molar-refractivity contribution < 1.29 is 0 Å². The van der Waals surface area contributed by atoms with Crippen molar-refractivity contribution in [2.45, 2.75) is 48.0 Å². The van der Waals surface area contributed by atoms with Crippen molar-refractivity contribution in [2.24, 2.45) is 11.3 Å². The molecule has 0 fully saturated rings. The van der Waals surface area contributed by atoms with Crippen molar-refractivity contribution in [2.75, 3.05) is 0 Å². The number of rotatable bonds is 1. The first kappa shape index (κ1) is 12.3. The van der Waals surface area contributed by atoms with Gasteiger partial charge in [-0.25, -0.2) is 0 Å². The van der Waals surface area contributed by atoms with Crippen molar-refractivity contribution >= 4 is 0 Å². The fraction of sp³-hybridized carbons (Fsp3) is 0.600. The van der Waals surface area contributed by atoms with E-state index in [1.807, 2.05) is 0 Å². The number of hydrogen-bond acceptors (Lipinski definition) is 0. The SMILES string of the molecule is C=C(C)C1=C(C(C)(C)C)C(C)CC(C)=C1. The maximum Gasteiger partial charge on any atom is -0.0161 e. The van der Waals surface area contributed by atoms with Crippen LogP contribution in [0, 0.1) is 11.3 Å². The highest BCUT2D eigenvalue weighted by atomic mass is 14.3. The molecule has 0 heteroatoms. The molecule has 0 spiro atoms. The Hall–Kier alpha value is -0.780. The molecule has 0 heterocycles. The molecule has 1 atom stereocenters. The van der Waals surface area contributed by atoms with E-state index in [2.05, 4.69) is 54.2 Å². The Morgan fingerprint density at radius 2 is 1.93 bits per heavy atom. The fourth-order valence-electron chi connectivity index (χ4n) is 2.73. The Morgan fingerprint density at radius 3 is 2.33 bits per heavy atom. The topological polar surface area (TPSA) is 0 Å². The van der Waals surface area contributed by atoms with Crippen LogP contribution in [0.25, 0.3) is 0 Å². The third kappa shape index (κ3) is 2.62. The summed E-state index contributed by atoms with van der Waals surface area (Å²) >= 11 is 0. The largest absolute Gasteiger partial charge is 0.0955 e. The van der Waals surface area contributed by atoms with Crippen LogP contribution >= 0.6 is 0 Å². The molecule has 0 nitrogen and oxygen atoms in total. The molecule has 1 rings (SSSR count). The molecule has 0 amide bonds. The van der Waals surface area contributed by atoms with Crippen LogP contribution in [0.4, 0.5) is 0 Å². The molecular weight excluding hydrogens is 180 g/mol. The fourth-order valence-corrected chi connectivity index (χ4v) is 2.73. The van der Waals surface area contributed by atoms with Crippen molar-refractivity contribution in [1.82, 2.24) is 0 Å². The summed E-state index contributed by atoms with van der Waals surface area (Å²) in [6.07, 6.45) is 3.52. The molecular formula is C15H24. The van der Waals surface area contributed by atoms with Gasteiger partial charge in [0.15, 0.2) is 0 Å². The molecule has 0 saturated heterocycles. The molecule has 0 aromatic rings. The standard InChI is InChI=1S/C15H24/c1-10(2)13-9-11(3)8-12(4)14(13)15(5,6)7/h9,12H,1,8H2,2-7H3. The average molecular weight is 204 g/mol. The average Bonchev–Trinajstić information content (AvgIpc) is 1.99. The molecule has 0 radical (unpaired) electrons. The number of hydrogen-bond donors (Lipinski definition) is 0. The second-order valence-electron chi connectivity index (χ2n) is 5.95. The highest BCUT2D eigenvalue weighted by Crippen LogP contribution is 2.42. The van der Waals surface area contributed by atoms with Gasteiger partial charge in [-0.2, -0.15) is 0 Å². The lowest BCUT2D eigenvalue weighted by molar-refractivity contribution is 0.425. The van der Waals surface area contributed by atoms with Gasteiger partial charge in [-0.15, -0.1) is 0 Å². The summed E-state index contributed by atoms with van der Waals surface area (Å²) < 4.78 is 0. The normalized spacial score (nSPS) is 22.8. The Balaban J connectivity index is 3.34. The van der Waals surface area contributed by atoms with Crippen molar-refractivity contribution in [3.05, 3.63) is 34.9 Å². The molecule has 1 aliphatic carbocycles. The summed E-state index contributed by atoms with van der Waals surface area (Å²) in [5, 5.41) is 0. The molecule has 0 aromatic carbocycles. The molecule has 1 aliphatic rings. The Bertz CT molecular complexity index is 332. The first-order valence-electron chi connectivity index (χ1n) is 5.81. The van der Waals surface area contributed by atoms with Crippen molar-refractivity contribution in [3.8, 4) is 0 Å². The van der Waals surface area contributed by atoms with E-state index < -0.39 is 0 Å². The van der Waals surface area contributed by atoms with Gasteiger partial charge in [-0.1, -0.05) is 57.1 Å². The minimum absolute atomic E-state index is 0.255.